The molecule has 146 valence electrons. The first-order valence-electron chi connectivity index (χ1n) is 9.00. The van der Waals surface area contributed by atoms with Crippen molar-refractivity contribution in [2.75, 3.05) is 17.2 Å². The second-order valence-corrected chi connectivity index (χ2v) is 7.67. The lowest BCUT2D eigenvalue weighted by Gasteiger charge is -2.25. The van der Waals surface area contributed by atoms with E-state index in [0.29, 0.717) is 13.1 Å². The molecule has 0 radical (unpaired) electrons. The number of thiophene rings is 1. The van der Waals surface area contributed by atoms with E-state index < -0.39 is 11.2 Å². The lowest BCUT2D eigenvalue weighted by Crippen LogP contribution is -2.42. The Morgan fingerprint density at radius 3 is 2.74 bits per heavy atom. The van der Waals surface area contributed by atoms with Crippen LogP contribution in [0.4, 0.5) is 11.5 Å². The molecule has 0 unspecified atom stereocenters. The second-order valence-electron chi connectivity index (χ2n) is 6.69. The molecule has 2 rings (SSSR count). The number of unbranched alkanes of at least 4 members (excludes halogenated alkanes) is 1. The summed E-state index contributed by atoms with van der Waals surface area (Å²) in [6, 6.07) is 3.79. The van der Waals surface area contributed by atoms with Gasteiger partial charge in [-0.05, 0) is 29.9 Å². The van der Waals surface area contributed by atoms with Crippen LogP contribution in [0.3, 0.4) is 0 Å². The van der Waals surface area contributed by atoms with Crippen molar-refractivity contribution in [3.05, 3.63) is 49.3 Å². The van der Waals surface area contributed by atoms with Gasteiger partial charge in [0.1, 0.15) is 5.82 Å². The normalized spacial score (nSPS) is 11.4. The van der Waals surface area contributed by atoms with Crippen molar-refractivity contribution in [3.8, 4) is 0 Å². The van der Waals surface area contributed by atoms with Crippen molar-refractivity contribution in [3.63, 3.8) is 0 Å². The van der Waals surface area contributed by atoms with Crippen molar-refractivity contribution in [1.29, 1.82) is 0 Å². The van der Waals surface area contributed by atoms with E-state index in [1.54, 1.807) is 6.08 Å². The van der Waals surface area contributed by atoms with Gasteiger partial charge in [-0.2, -0.15) is 0 Å². The van der Waals surface area contributed by atoms with E-state index in [-0.39, 0.29) is 23.3 Å². The van der Waals surface area contributed by atoms with Gasteiger partial charge in [-0.15, -0.1) is 11.3 Å². The van der Waals surface area contributed by atoms with Crippen molar-refractivity contribution in [2.45, 2.75) is 40.2 Å². The highest BCUT2D eigenvalue weighted by Gasteiger charge is 2.23. The Hall–Kier alpha value is -2.61. The molecule has 0 aliphatic carbocycles. The fourth-order valence-electron chi connectivity index (χ4n) is 2.66. The summed E-state index contributed by atoms with van der Waals surface area (Å²) >= 11 is 1.51. The summed E-state index contributed by atoms with van der Waals surface area (Å²) in [5.74, 6) is -0.218. The summed E-state index contributed by atoms with van der Waals surface area (Å²) < 4.78 is 1.32. The number of hydrogen-bond acceptors (Lipinski definition) is 5. The molecule has 0 aromatic carbocycles. The Balaban J connectivity index is 2.48. The number of nitrogens with one attached hydrogen (secondary N) is 1. The third-order valence-electron chi connectivity index (χ3n) is 3.97. The lowest BCUT2D eigenvalue weighted by atomic mass is 10.2. The molecule has 2 aromatic heterocycles. The number of amides is 1. The standard InChI is InChI=1S/C19H26N4O3S/c1-4-5-10-22-17(20)16(18(25)21-19(22)26)23(12-13(2)3)15(24)9-8-14-7-6-11-27-14/h6-9,11,13H,4-5,10,12,20H2,1-3H3,(H,21,25,26)/b9-8-. The molecule has 2 heterocycles. The van der Waals surface area contributed by atoms with Crippen LogP contribution in [-0.4, -0.2) is 22.0 Å². The summed E-state index contributed by atoms with van der Waals surface area (Å²) in [4.78, 5) is 42.0. The molecule has 8 heteroatoms. The molecule has 0 aliphatic rings. The maximum atomic E-state index is 12.8. The predicted molar refractivity (Wildman–Crippen MR) is 111 cm³/mol. The number of rotatable bonds is 8. The van der Waals surface area contributed by atoms with Gasteiger partial charge in [-0.25, -0.2) is 4.79 Å². The van der Waals surface area contributed by atoms with Crippen LogP contribution < -0.4 is 21.9 Å². The zero-order chi connectivity index (χ0) is 20.0. The Labute approximate surface area is 162 Å². The van der Waals surface area contributed by atoms with Crippen LogP contribution in [0.1, 0.15) is 38.5 Å². The monoisotopic (exact) mass is 390 g/mol. The van der Waals surface area contributed by atoms with E-state index in [9.17, 15) is 14.4 Å². The van der Waals surface area contributed by atoms with Crippen LogP contribution in [0.2, 0.25) is 0 Å². The lowest BCUT2D eigenvalue weighted by molar-refractivity contribution is -0.114. The van der Waals surface area contributed by atoms with Gasteiger partial charge in [0.05, 0.1) is 0 Å². The first kappa shape index (κ1) is 20.7. The van der Waals surface area contributed by atoms with E-state index in [1.165, 1.54) is 26.9 Å². The molecule has 0 aliphatic heterocycles. The molecule has 0 fully saturated rings. The highest BCUT2D eigenvalue weighted by Crippen LogP contribution is 2.20. The van der Waals surface area contributed by atoms with E-state index in [1.807, 2.05) is 38.3 Å². The number of aromatic amines is 1. The number of hydrogen-bond donors (Lipinski definition) is 2. The van der Waals surface area contributed by atoms with E-state index in [0.717, 1.165) is 17.7 Å². The quantitative estimate of drug-likeness (QED) is 0.677. The smallest absolute Gasteiger partial charge is 0.330 e. The van der Waals surface area contributed by atoms with Crippen molar-refractivity contribution >= 4 is 34.8 Å². The first-order chi connectivity index (χ1) is 12.8. The van der Waals surface area contributed by atoms with Crippen LogP contribution >= 0.6 is 11.3 Å². The SMILES string of the molecule is CCCCn1c(N)c(N(CC(C)C)C(=O)/C=C\c2cccs2)c(=O)[nH]c1=O. The number of anilines is 2. The molecule has 2 aromatic rings. The average Bonchev–Trinajstić information content (AvgIpc) is 3.11. The number of H-pyrrole nitrogens is 1. The summed E-state index contributed by atoms with van der Waals surface area (Å²) in [6.45, 7) is 6.59. The topological polar surface area (TPSA) is 101 Å². The van der Waals surface area contributed by atoms with Gasteiger partial charge in [0.15, 0.2) is 5.69 Å². The Kier molecular flexibility index (Phi) is 7.18. The molecule has 3 N–H and O–H groups in total. The highest BCUT2D eigenvalue weighted by atomic mass is 32.1. The fourth-order valence-corrected chi connectivity index (χ4v) is 3.28. The molecule has 0 bridgehead atoms. The Morgan fingerprint density at radius 2 is 2.15 bits per heavy atom. The minimum Gasteiger partial charge on any atom is -0.383 e. The van der Waals surface area contributed by atoms with Crippen LogP contribution in [0.5, 0.6) is 0 Å². The number of nitrogen functional groups attached to an aromatic ring is 1. The molecular weight excluding hydrogens is 364 g/mol. The predicted octanol–water partition coefficient (Wildman–Crippen LogP) is 2.68. The van der Waals surface area contributed by atoms with Gasteiger partial charge in [-0.3, -0.25) is 19.1 Å². The van der Waals surface area contributed by atoms with Crippen molar-refractivity contribution in [1.82, 2.24) is 9.55 Å². The van der Waals surface area contributed by atoms with Gasteiger partial charge < -0.3 is 10.6 Å². The average molecular weight is 391 g/mol. The third-order valence-corrected chi connectivity index (χ3v) is 4.80. The molecule has 27 heavy (non-hydrogen) atoms. The van der Waals surface area contributed by atoms with Crippen LogP contribution in [0.25, 0.3) is 6.08 Å². The number of nitrogens with two attached hydrogens (primary N) is 1. The summed E-state index contributed by atoms with van der Waals surface area (Å²) in [7, 11) is 0. The fraction of sp³-hybridized carbons (Fsp3) is 0.421. The van der Waals surface area contributed by atoms with Crippen molar-refractivity contribution < 1.29 is 4.79 Å². The third kappa shape index (κ3) is 5.19. The van der Waals surface area contributed by atoms with Gasteiger partial charge in [0.25, 0.3) is 11.5 Å². The second kappa shape index (κ2) is 9.36. The maximum Gasteiger partial charge on any atom is 0.330 e. The molecule has 0 spiro atoms. The van der Waals surface area contributed by atoms with Gasteiger partial charge in [0, 0.05) is 24.0 Å². The zero-order valence-electron chi connectivity index (χ0n) is 15.9. The zero-order valence-corrected chi connectivity index (χ0v) is 16.7. The van der Waals surface area contributed by atoms with Gasteiger partial charge in [0.2, 0.25) is 0 Å². The molecular formula is C19H26N4O3S. The minimum atomic E-state index is -0.649. The summed E-state index contributed by atoms with van der Waals surface area (Å²) in [5.41, 5.74) is 4.98. The van der Waals surface area contributed by atoms with Crippen LogP contribution in [0.15, 0.2) is 33.2 Å². The summed E-state index contributed by atoms with van der Waals surface area (Å²) in [5, 5.41) is 1.92. The van der Waals surface area contributed by atoms with Gasteiger partial charge >= 0.3 is 5.69 Å². The molecule has 0 atom stereocenters. The highest BCUT2D eigenvalue weighted by molar-refractivity contribution is 7.10. The molecule has 0 saturated heterocycles. The Morgan fingerprint density at radius 1 is 1.41 bits per heavy atom. The molecule has 0 saturated carbocycles. The number of carbonyl (C=O) groups excluding carboxylic acids is 1. The Bertz CT molecular complexity index is 910. The minimum absolute atomic E-state index is 0.0238. The number of carbonyl (C=O) groups is 1. The van der Waals surface area contributed by atoms with E-state index >= 15 is 0 Å². The largest absolute Gasteiger partial charge is 0.383 e. The summed E-state index contributed by atoms with van der Waals surface area (Å²) in [6.07, 6.45) is 4.75. The number of nitrogens with zero attached hydrogens (tertiary/aromatic N) is 2. The van der Waals surface area contributed by atoms with E-state index in [2.05, 4.69) is 4.98 Å². The van der Waals surface area contributed by atoms with E-state index in [4.69, 9.17) is 5.73 Å². The molecule has 1 amide bonds. The number of aromatic nitrogens is 2. The maximum absolute atomic E-state index is 12.8. The van der Waals surface area contributed by atoms with Gasteiger partial charge in [-0.1, -0.05) is 33.3 Å². The molecule has 7 nitrogen and oxygen atoms in total. The van der Waals surface area contributed by atoms with Crippen LogP contribution in [0, 0.1) is 5.92 Å². The van der Waals surface area contributed by atoms with Crippen molar-refractivity contribution in [2.24, 2.45) is 5.92 Å². The van der Waals surface area contributed by atoms with Crippen LogP contribution in [-0.2, 0) is 11.3 Å². The first-order valence-corrected chi connectivity index (χ1v) is 9.88.